The molecular formula is C31H30ClN7O. The summed E-state index contributed by atoms with van der Waals surface area (Å²) in [6.45, 7) is 2.96. The van der Waals surface area contributed by atoms with Crippen LogP contribution in [0.2, 0.25) is 5.02 Å². The quantitative estimate of drug-likeness (QED) is 0.198. The summed E-state index contributed by atoms with van der Waals surface area (Å²) in [6, 6.07) is 26.9. The van der Waals surface area contributed by atoms with E-state index in [9.17, 15) is 4.79 Å². The summed E-state index contributed by atoms with van der Waals surface area (Å²) < 4.78 is 1.79. The highest BCUT2D eigenvalue weighted by Crippen LogP contribution is 2.18. The van der Waals surface area contributed by atoms with Crippen molar-refractivity contribution in [1.82, 2.24) is 24.8 Å². The number of nitrogens with zero attached hydrogens (tertiary/aromatic N) is 4. The zero-order valence-electron chi connectivity index (χ0n) is 22.1. The number of amides is 1. The molecule has 0 aliphatic carbocycles. The lowest BCUT2D eigenvalue weighted by atomic mass is 10.0. The van der Waals surface area contributed by atoms with Gasteiger partial charge in [-0.3, -0.25) is 9.36 Å². The molecule has 0 fully saturated rings. The van der Waals surface area contributed by atoms with E-state index in [4.69, 9.17) is 16.6 Å². The van der Waals surface area contributed by atoms with Crippen molar-refractivity contribution in [3.05, 3.63) is 131 Å². The number of imidazole rings is 1. The van der Waals surface area contributed by atoms with Gasteiger partial charge in [-0.2, -0.15) is 9.97 Å². The molecule has 0 aliphatic rings. The summed E-state index contributed by atoms with van der Waals surface area (Å²) in [5, 5.41) is 10.4. The Balaban J connectivity index is 1.39. The molecule has 0 radical (unpaired) electrons. The van der Waals surface area contributed by atoms with Gasteiger partial charge >= 0.3 is 0 Å². The van der Waals surface area contributed by atoms with Gasteiger partial charge < -0.3 is 16.0 Å². The molecule has 5 rings (SSSR count). The smallest absolute Gasteiger partial charge is 0.243 e. The maximum atomic E-state index is 13.5. The Bertz CT molecular complexity index is 1540. The third-order valence-electron chi connectivity index (χ3n) is 6.33. The van der Waals surface area contributed by atoms with Crippen LogP contribution in [0.4, 0.5) is 11.8 Å². The number of aromatic nitrogens is 4. The summed E-state index contributed by atoms with van der Waals surface area (Å²) in [7, 11) is 0. The highest BCUT2D eigenvalue weighted by atomic mass is 35.5. The average Bonchev–Trinajstić information content (AvgIpc) is 3.51. The number of hydrogen-bond acceptors (Lipinski definition) is 6. The van der Waals surface area contributed by atoms with Crippen molar-refractivity contribution in [2.45, 2.75) is 32.5 Å². The molecule has 0 saturated heterocycles. The van der Waals surface area contributed by atoms with Crippen LogP contribution in [0, 0.1) is 6.92 Å². The zero-order chi connectivity index (χ0) is 27.7. The topological polar surface area (TPSA) is 96.8 Å². The Labute approximate surface area is 238 Å². The summed E-state index contributed by atoms with van der Waals surface area (Å²) in [4.78, 5) is 27.0. The second-order valence-electron chi connectivity index (χ2n) is 9.48. The molecule has 9 heteroatoms. The average molecular weight is 552 g/mol. The van der Waals surface area contributed by atoms with Crippen LogP contribution >= 0.6 is 11.6 Å². The van der Waals surface area contributed by atoms with Crippen LogP contribution in [0.5, 0.6) is 0 Å². The third-order valence-corrected chi connectivity index (χ3v) is 6.56. The van der Waals surface area contributed by atoms with E-state index in [1.165, 1.54) is 5.56 Å². The Morgan fingerprint density at radius 3 is 2.45 bits per heavy atom. The van der Waals surface area contributed by atoms with Crippen molar-refractivity contribution in [3.8, 4) is 5.82 Å². The first-order chi connectivity index (χ1) is 19.5. The molecule has 3 N–H and O–H groups in total. The number of hydrogen-bond donors (Lipinski definition) is 3. The van der Waals surface area contributed by atoms with E-state index in [-0.39, 0.29) is 5.91 Å². The number of benzene rings is 3. The van der Waals surface area contributed by atoms with E-state index in [0.29, 0.717) is 42.1 Å². The first-order valence-corrected chi connectivity index (χ1v) is 13.4. The molecule has 5 aromatic rings. The molecule has 0 bridgehead atoms. The van der Waals surface area contributed by atoms with Gasteiger partial charge in [0.25, 0.3) is 0 Å². The molecule has 0 spiro atoms. The summed E-state index contributed by atoms with van der Waals surface area (Å²) in [5.41, 5.74) is 4.25. The van der Waals surface area contributed by atoms with Crippen molar-refractivity contribution in [2.75, 3.05) is 10.6 Å². The van der Waals surface area contributed by atoms with Crippen LogP contribution < -0.4 is 16.0 Å². The molecule has 1 atom stereocenters. The van der Waals surface area contributed by atoms with Crippen molar-refractivity contribution in [2.24, 2.45) is 0 Å². The third kappa shape index (κ3) is 7.45. The van der Waals surface area contributed by atoms with E-state index in [0.717, 1.165) is 16.7 Å². The molecule has 2 heterocycles. The van der Waals surface area contributed by atoms with E-state index in [2.05, 4.69) is 25.9 Å². The number of carbonyl (C=O) groups is 1. The Morgan fingerprint density at radius 2 is 1.70 bits per heavy atom. The molecule has 40 heavy (non-hydrogen) atoms. The number of aryl methyl sites for hydroxylation is 1. The van der Waals surface area contributed by atoms with Crippen molar-refractivity contribution in [3.63, 3.8) is 0 Å². The first kappa shape index (κ1) is 26.9. The highest BCUT2D eigenvalue weighted by molar-refractivity contribution is 6.30. The zero-order valence-corrected chi connectivity index (χ0v) is 22.8. The Hall–Kier alpha value is -4.69. The molecule has 0 saturated carbocycles. The van der Waals surface area contributed by atoms with Crippen molar-refractivity contribution >= 4 is 29.3 Å². The van der Waals surface area contributed by atoms with Crippen LogP contribution in [-0.2, 0) is 24.3 Å². The molecule has 202 valence electrons. The minimum atomic E-state index is -0.570. The van der Waals surface area contributed by atoms with E-state index >= 15 is 0 Å². The van der Waals surface area contributed by atoms with E-state index in [1.807, 2.05) is 92.0 Å². The molecule has 0 unspecified atom stereocenters. The lowest BCUT2D eigenvalue weighted by Crippen LogP contribution is -2.41. The standard InChI is InChI=1S/C31H30ClN7O/c1-22-10-12-24(13-11-22)19-34-30(40)27(17-23-6-3-2-4-7-23)36-28-18-29(39-15-14-33-21-39)38-31(37-28)35-20-25-8-5-9-26(32)16-25/h2-16,18,21,27H,17,19-20H2,1H3,(H,34,40)(H2,35,36,37,38)/t27-/m1/s1. The van der Waals surface area contributed by atoms with Gasteiger partial charge in [0, 0.05) is 43.0 Å². The number of nitrogens with one attached hydrogen (secondary N) is 3. The fourth-order valence-corrected chi connectivity index (χ4v) is 4.41. The van der Waals surface area contributed by atoms with Crippen LogP contribution in [0.15, 0.2) is 104 Å². The predicted octanol–water partition coefficient (Wildman–Crippen LogP) is 5.58. The lowest BCUT2D eigenvalue weighted by Gasteiger charge is -2.20. The summed E-state index contributed by atoms with van der Waals surface area (Å²) >= 11 is 6.15. The fraction of sp³-hybridized carbons (Fsp3) is 0.161. The van der Waals surface area contributed by atoms with Gasteiger partial charge in [-0.25, -0.2) is 4.98 Å². The van der Waals surface area contributed by atoms with Crippen molar-refractivity contribution < 1.29 is 4.79 Å². The van der Waals surface area contributed by atoms with Crippen LogP contribution in [-0.4, -0.2) is 31.5 Å². The lowest BCUT2D eigenvalue weighted by molar-refractivity contribution is -0.122. The van der Waals surface area contributed by atoms with Crippen molar-refractivity contribution in [1.29, 1.82) is 0 Å². The normalized spacial score (nSPS) is 11.6. The molecule has 3 aromatic carbocycles. The monoisotopic (exact) mass is 551 g/mol. The molecule has 8 nitrogen and oxygen atoms in total. The Morgan fingerprint density at radius 1 is 0.900 bits per heavy atom. The number of rotatable bonds is 11. The summed E-state index contributed by atoms with van der Waals surface area (Å²) in [5.74, 6) is 1.41. The minimum Gasteiger partial charge on any atom is -0.358 e. The molecule has 0 aliphatic heterocycles. The van der Waals surface area contributed by atoms with Gasteiger partial charge in [0.05, 0.1) is 0 Å². The second-order valence-corrected chi connectivity index (χ2v) is 9.91. The SMILES string of the molecule is Cc1ccc(CNC(=O)[C@@H](Cc2ccccc2)Nc2cc(-n3ccnc3)nc(NCc3cccc(Cl)c3)n2)cc1. The van der Waals surface area contributed by atoms with E-state index in [1.54, 1.807) is 23.2 Å². The van der Waals surface area contributed by atoms with Crippen LogP contribution in [0.1, 0.15) is 22.3 Å². The maximum Gasteiger partial charge on any atom is 0.243 e. The molecule has 2 aromatic heterocycles. The van der Waals surface area contributed by atoms with Gasteiger partial charge in [-0.1, -0.05) is 83.9 Å². The number of anilines is 2. The van der Waals surface area contributed by atoms with Gasteiger partial charge in [0.15, 0.2) is 0 Å². The second kappa shape index (κ2) is 12.9. The maximum absolute atomic E-state index is 13.5. The van der Waals surface area contributed by atoms with Gasteiger partial charge in [-0.15, -0.1) is 0 Å². The van der Waals surface area contributed by atoms with Crippen LogP contribution in [0.25, 0.3) is 5.82 Å². The largest absolute Gasteiger partial charge is 0.358 e. The first-order valence-electron chi connectivity index (χ1n) is 13.0. The van der Waals surface area contributed by atoms with Gasteiger partial charge in [-0.05, 0) is 35.7 Å². The van der Waals surface area contributed by atoms with Crippen LogP contribution in [0.3, 0.4) is 0 Å². The van der Waals surface area contributed by atoms with Gasteiger partial charge in [0.1, 0.15) is 24.0 Å². The Kier molecular flexibility index (Phi) is 8.68. The predicted molar refractivity (Wildman–Crippen MR) is 159 cm³/mol. The minimum absolute atomic E-state index is 0.124. The fourth-order valence-electron chi connectivity index (χ4n) is 4.20. The van der Waals surface area contributed by atoms with Gasteiger partial charge in [0.2, 0.25) is 11.9 Å². The highest BCUT2D eigenvalue weighted by Gasteiger charge is 2.20. The summed E-state index contributed by atoms with van der Waals surface area (Å²) in [6.07, 6.45) is 5.65. The number of halogens is 1. The molecular weight excluding hydrogens is 522 g/mol. The molecule has 1 amide bonds. The number of carbonyl (C=O) groups excluding carboxylic acids is 1. The van der Waals surface area contributed by atoms with E-state index < -0.39 is 6.04 Å².